The molecule has 0 aliphatic carbocycles. The maximum absolute atomic E-state index is 13.5. The van der Waals surface area contributed by atoms with Crippen LogP contribution >= 0.6 is 0 Å². The average molecular weight is 524 g/mol. The van der Waals surface area contributed by atoms with Crippen LogP contribution in [0.15, 0.2) is 47.8 Å². The molecule has 4 N–H and O–H groups in total. The number of rotatable bonds is 6. The number of nitrogens with two attached hydrogens (primary N) is 1. The fraction of sp³-hybridized carbons (Fsp3) is 0.500. The Labute approximate surface area is 225 Å². The first kappa shape index (κ1) is 28.9. The fourth-order valence-corrected chi connectivity index (χ4v) is 4.85. The molecule has 38 heavy (non-hydrogen) atoms. The Morgan fingerprint density at radius 1 is 1.11 bits per heavy atom. The minimum absolute atomic E-state index is 0.0230. The van der Waals surface area contributed by atoms with Gasteiger partial charge in [-0.15, -0.1) is 0 Å². The number of anilines is 1. The van der Waals surface area contributed by atoms with Gasteiger partial charge in [0.25, 0.3) is 0 Å². The van der Waals surface area contributed by atoms with Crippen LogP contribution in [0, 0.1) is 11.3 Å². The van der Waals surface area contributed by atoms with Crippen molar-refractivity contribution in [1.82, 2.24) is 20.0 Å². The van der Waals surface area contributed by atoms with Crippen molar-refractivity contribution in [2.24, 2.45) is 11.7 Å². The Kier molecular flexibility index (Phi) is 9.68. The van der Waals surface area contributed by atoms with Crippen LogP contribution in [0.1, 0.15) is 39.3 Å². The van der Waals surface area contributed by atoms with E-state index in [1.165, 1.54) is 12.3 Å². The maximum atomic E-state index is 13.5. The molecule has 1 aromatic carbocycles. The molecular weight excluding hydrogens is 482 g/mol. The second-order valence-electron chi connectivity index (χ2n) is 10.5. The second-order valence-corrected chi connectivity index (χ2v) is 10.5. The fourth-order valence-electron chi connectivity index (χ4n) is 4.85. The summed E-state index contributed by atoms with van der Waals surface area (Å²) in [5.41, 5.74) is 8.40. The zero-order chi connectivity index (χ0) is 28.0. The summed E-state index contributed by atoms with van der Waals surface area (Å²) in [5, 5.41) is 9.91. The summed E-state index contributed by atoms with van der Waals surface area (Å²) in [6, 6.07) is 7.33. The molecule has 3 amide bonds. The van der Waals surface area contributed by atoms with Gasteiger partial charge in [0.05, 0.1) is 11.7 Å². The summed E-state index contributed by atoms with van der Waals surface area (Å²) in [6.45, 7) is 11.6. The molecular formula is C28H41N7O3. The average Bonchev–Trinajstić information content (AvgIpc) is 2.91. The van der Waals surface area contributed by atoms with Gasteiger partial charge < -0.3 is 36.1 Å². The van der Waals surface area contributed by atoms with Crippen LogP contribution in [-0.2, 0) is 14.4 Å². The lowest BCUT2D eigenvalue weighted by Crippen LogP contribution is -2.59. The van der Waals surface area contributed by atoms with Crippen molar-refractivity contribution >= 4 is 29.6 Å². The minimum atomic E-state index is -0.813. The van der Waals surface area contributed by atoms with E-state index >= 15 is 0 Å². The summed E-state index contributed by atoms with van der Waals surface area (Å²) in [4.78, 5) is 47.6. The number of amides is 3. The number of allylic oxidation sites excluding steroid dienone is 2. The van der Waals surface area contributed by atoms with Crippen molar-refractivity contribution in [1.29, 1.82) is 5.41 Å². The van der Waals surface area contributed by atoms with Gasteiger partial charge in [-0.3, -0.25) is 14.4 Å². The number of carbonyl (C=O) groups is 3. The Bertz CT molecular complexity index is 1110. The predicted octanol–water partition coefficient (Wildman–Crippen LogP) is 1.71. The van der Waals surface area contributed by atoms with Gasteiger partial charge >= 0.3 is 11.8 Å². The Hall–Kier alpha value is -3.66. The largest absolute Gasteiger partial charge is 0.403 e. The van der Waals surface area contributed by atoms with Crippen LogP contribution in [0.5, 0.6) is 0 Å². The Balaban J connectivity index is 1.92. The molecule has 3 rings (SSSR count). The molecule has 2 aliphatic heterocycles. The molecule has 0 spiro atoms. The number of nitrogens with zero attached hydrogens (tertiary/aromatic N) is 4. The Morgan fingerprint density at radius 3 is 2.39 bits per heavy atom. The van der Waals surface area contributed by atoms with Crippen LogP contribution in [0.2, 0.25) is 0 Å². The lowest BCUT2D eigenvalue weighted by Gasteiger charge is -2.46. The summed E-state index contributed by atoms with van der Waals surface area (Å²) in [7, 11) is 2.11. The number of piperazine rings is 2. The lowest BCUT2D eigenvalue weighted by atomic mass is 9.97. The molecule has 2 heterocycles. The molecule has 2 saturated heterocycles. The van der Waals surface area contributed by atoms with E-state index in [0.29, 0.717) is 12.1 Å². The van der Waals surface area contributed by atoms with Crippen LogP contribution < -0.4 is 16.0 Å². The summed E-state index contributed by atoms with van der Waals surface area (Å²) < 4.78 is 0. The summed E-state index contributed by atoms with van der Waals surface area (Å²) >= 11 is 0. The van der Waals surface area contributed by atoms with Crippen molar-refractivity contribution < 1.29 is 14.4 Å². The van der Waals surface area contributed by atoms with E-state index < -0.39 is 17.9 Å². The highest BCUT2D eigenvalue weighted by Gasteiger charge is 2.40. The van der Waals surface area contributed by atoms with E-state index in [4.69, 9.17) is 11.1 Å². The second kappa shape index (κ2) is 12.7. The van der Waals surface area contributed by atoms with Gasteiger partial charge in [-0.2, -0.15) is 0 Å². The van der Waals surface area contributed by atoms with E-state index in [-0.39, 0.29) is 30.1 Å². The molecule has 0 bridgehead atoms. The lowest BCUT2D eigenvalue weighted by molar-refractivity contribution is -0.154. The van der Waals surface area contributed by atoms with Crippen molar-refractivity contribution in [2.45, 2.75) is 39.8 Å². The van der Waals surface area contributed by atoms with Gasteiger partial charge in [-0.1, -0.05) is 26.0 Å². The maximum Gasteiger partial charge on any atom is 0.313 e. The zero-order valence-electron chi connectivity index (χ0n) is 23.1. The first-order chi connectivity index (χ1) is 18.0. The number of hydrogen-bond donors (Lipinski definition) is 3. The minimum Gasteiger partial charge on any atom is -0.403 e. The molecule has 0 unspecified atom stereocenters. The highest BCUT2D eigenvalue weighted by Crippen LogP contribution is 2.31. The van der Waals surface area contributed by atoms with Gasteiger partial charge in [0, 0.05) is 69.3 Å². The van der Waals surface area contributed by atoms with E-state index in [9.17, 15) is 14.4 Å². The molecule has 206 valence electrons. The van der Waals surface area contributed by atoms with Gasteiger partial charge in [0.2, 0.25) is 5.91 Å². The monoisotopic (exact) mass is 523 g/mol. The van der Waals surface area contributed by atoms with Crippen LogP contribution in [0.3, 0.4) is 0 Å². The SMILES string of the molecule is C/C(C=N)=C/C(=C\N)NC(=O)C(=O)N1C[C@@H](C)N(C(=O)C(C)C)C[C@@H]1c1cccc(N2CCN(C)CC2)c1. The highest BCUT2D eigenvalue weighted by atomic mass is 16.2. The summed E-state index contributed by atoms with van der Waals surface area (Å²) in [6.07, 6.45) is 3.85. The van der Waals surface area contributed by atoms with Crippen LogP contribution in [-0.4, -0.2) is 91.0 Å². The Morgan fingerprint density at radius 2 is 1.79 bits per heavy atom. The molecule has 1 aromatic rings. The van der Waals surface area contributed by atoms with E-state index in [2.05, 4.69) is 34.3 Å². The molecule has 2 atom stereocenters. The van der Waals surface area contributed by atoms with Crippen molar-refractivity contribution in [3.8, 4) is 0 Å². The normalized spacial score (nSPS) is 21.5. The molecule has 0 radical (unpaired) electrons. The molecule has 0 saturated carbocycles. The van der Waals surface area contributed by atoms with Crippen molar-refractivity contribution in [2.75, 3.05) is 51.2 Å². The zero-order valence-corrected chi connectivity index (χ0v) is 23.1. The van der Waals surface area contributed by atoms with Crippen molar-refractivity contribution in [3.63, 3.8) is 0 Å². The van der Waals surface area contributed by atoms with Gasteiger partial charge in [0.1, 0.15) is 0 Å². The third-order valence-electron chi connectivity index (χ3n) is 7.14. The highest BCUT2D eigenvalue weighted by molar-refractivity contribution is 6.35. The number of nitrogens with one attached hydrogen (secondary N) is 2. The topological polar surface area (TPSA) is 126 Å². The first-order valence-corrected chi connectivity index (χ1v) is 13.1. The quantitative estimate of drug-likeness (QED) is 0.296. The number of hydrogen-bond acceptors (Lipinski definition) is 7. The third-order valence-corrected chi connectivity index (χ3v) is 7.14. The molecule has 0 aromatic heterocycles. The van der Waals surface area contributed by atoms with E-state index in [0.717, 1.165) is 43.6 Å². The van der Waals surface area contributed by atoms with E-state index in [1.807, 2.05) is 37.8 Å². The predicted molar refractivity (Wildman–Crippen MR) is 150 cm³/mol. The van der Waals surface area contributed by atoms with E-state index in [1.54, 1.807) is 11.8 Å². The number of benzene rings is 1. The van der Waals surface area contributed by atoms with Gasteiger partial charge in [-0.05, 0) is 50.2 Å². The standard InChI is InChI=1S/C28H41N7O3/c1-19(2)27(37)34-18-25(22-7-6-8-24(14-22)33-11-9-32(5)10-12-33)35(17-21(34)4)28(38)26(36)31-23(16-30)13-20(3)15-29/h6-8,13-16,19,21,25,29H,9-12,17-18,30H2,1-5H3,(H,31,36)/b20-13-,23-16+,29-15?/t21-,25-/m1/s1. The molecule has 10 heteroatoms. The number of likely N-dealkylation sites (N-methyl/N-ethyl adjacent to an activating group) is 1. The smallest absolute Gasteiger partial charge is 0.313 e. The molecule has 2 fully saturated rings. The van der Waals surface area contributed by atoms with Crippen molar-refractivity contribution in [3.05, 3.63) is 53.4 Å². The van der Waals surface area contributed by atoms with Gasteiger partial charge in [0.15, 0.2) is 0 Å². The van der Waals surface area contributed by atoms with Gasteiger partial charge in [-0.25, -0.2) is 0 Å². The number of carbonyl (C=O) groups excluding carboxylic acids is 3. The van der Waals surface area contributed by atoms with Crippen LogP contribution in [0.4, 0.5) is 5.69 Å². The molecule has 10 nitrogen and oxygen atoms in total. The first-order valence-electron chi connectivity index (χ1n) is 13.1. The third kappa shape index (κ3) is 6.80. The summed E-state index contributed by atoms with van der Waals surface area (Å²) in [5.74, 6) is -1.66. The van der Waals surface area contributed by atoms with Crippen LogP contribution in [0.25, 0.3) is 0 Å². The molecule has 2 aliphatic rings.